The van der Waals surface area contributed by atoms with Gasteiger partial charge in [0.25, 0.3) is 5.91 Å². The largest absolute Gasteiger partial charge is 0.507 e. The zero-order valence-electron chi connectivity index (χ0n) is 21.4. The molecule has 3 aromatic carbocycles. The molecule has 1 heterocycles. The van der Waals surface area contributed by atoms with Crippen molar-refractivity contribution in [3.8, 4) is 28.2 Å². The van der Waals surface area contributed by atoms with Gasteiger partial charge in [0, 0.05) is 16.5 Å². The summed E-state index contributed by atoms with van der Waals surface area (Å²) in [5.74, 6) is -1.66. The van der Waals surface area contributed by atoms with E-state index in [0.717, 1.165) is 0 Å². The third kappa shape index (κ3) is 5.50. The maximum Gasteiger partial charge on any atom is 0.331 e. The van der Waals surface area contributed by atoms with Crippen LogP contribution >= 0.6 is 11.6 Å². The minimum absolute atomic E-state index is 0.0699. The lowest BCUT2D eigenvalue weighted by Crippen LogP contribution is -2.43. The van der Waals surface area contributed by atoms with Crippen molar-refractivity contribution in [2.45, 2.75) is 18.4 Å². The number of hydrogen-bond donors (Lipinski definition) is 3. The summed E-state index contributed by atoms with van der Waals surface area (Å²) in [7, 11) is 4.99. The predicted octanol–water partition coefficient (Wildman–Crippen LogP) is 5.35. The van der Waals surface area contributed by atoms with Crippen molar-refractivity contribution in [3.63, 3.8) is 0 Å². The van der Waals surface area contributed by atoms with Crippen LogP contribution in [0.3, 0.4) is 0 Å². The number of methoxy groups -OCH3 is 1. The number of ether oxygens (including phenoxy) is 1. The van der Waals surface area contributed by atoms with Gasteiger partial charge in [-0.2, -0.15) is 0 Å². The van der Waals surface area contributed by atoms with Crippen LogP contribution in [0, 0.1) is 5.82 Å². The van der Waals surface area contributed by atoms with Crippen LogP contribution in [0.5, 0.6) is 5.75 Å². The summed E-state index contributed by atoms with van der Waals surface area (Å²) < 4.78 is 24.0. The van der Waals surface area contributed by atoms with Gasteiger partial charge in [-0.1, -0.05) is 17.7 Å². The van der Waals surface area contributed by atoms with Crippen LogP contribution < -0.4 is 10.6 Å². The number of phenolic OH excluding ortho intramolecular Hbond substituents is 1. The van der Waals surface area contributed by atoms with Gasteiger partial charge in [-0.25, -0.2) is 9.18 Å². The highest BCUT2D eigenvalue weighted by atomic mass is 35.5. The number of halogens is 2. The molecule has 4 aromatic rings. The summed E-state index contributed by atoms with van der Waals surface area (Å²) in [6.07, 6.45) is 1.54. The number of aldehydes is 1. The molecule has 0 unspecified atom stereocenters. The summed E-state index contributed by atoms with van der Waals surface area (Å²) in [5.41, 5.74) is 1.07. The molecule has 0 aliphatic heterocycles. The molecule has 10 heteroatoms. The number of carbonyl (C=O) groups is 3. The van der Waals surface area contributed by atoms with Gasteiger partial charge in [0.1, 0.15) is 28.4 Å². The van der Waals surface area contributed by atoms with Crippen molar-refractivity contribution in [1.29, 1.82) is 0 Å². The van der Waals surface area contributed by atoms with Crippen molar-refractivity contribution < 1.29 is 33.0 Å². The van der Waals surface area contributed by atoms with E-state index in [9.17, 15) is 23.9 Å². The Morgan fingerprint density at radius 2 is 1.72 bits per heavy atom. The van der Waals surface area contributed by atoms with E-state index in [2.05, 4.69) is 10.6 Å². The molecule has 39 heavy (non-hydrogen) atoms. The summed E-state index contributed by atoms with van der Waals surface area (Å²) >= 11 is 6.41. The Hall–Kier alpha value is -4.21. The molecule has 1 aliphatic carbocycles. The molecule has 1 aromatic heterocycles. The quantitative estimate of drug-likeness (QED) is 0.218. The molecule has 202 valence electrons. The highest BCUT2D eigenvalue weighted by Crippen LogP contribution is 2.40. The number of esters is 1. The maximum absolute atomic E-state index is 13.4. The number of aromatic hydroxyl groups is 1. The summed E-state index contributed by atoms with van der Waals surface area (Å²) in [6, 6.07) is 13.3. The van der Waals surface area contributed by atoms with Crippen LogP contribution in [0.2, 0.25) is 5.02 Å². The minimum atomic E-state index is -1.09. The second kappa shape index (κ2) is 11.3. The third-order valence-corrected chi connectivity index (χ3v) is 6.58. The molecule has 0 radical (unpaired) electrons. The molecule has 5 rings (SSSR count). The number of fused-ring (bicyclic) bond motifs is 1. The van der Waals surface area contributed by atoms with Crippen molar-refractivity contribution in [1.82, 2.24) is 10.6 Å². The van der Waals surface area contributed by atoms with Crippen molar-refractivity contribution in [2.24, 2.45) is 0 Å². The number of furan rings is 1. The Labute approximate surface area is 228 Å². The van der Waals surface area contributed by atoms with E-state index in [1.165, 1.54) is 43.5 Å². The van der Waals surface area contributed by atoms with E-state index in [1.807, 2.05) is 14.1 Å². The van der Waals surface area contributed by atoms with E-state index in [-0.39, 0.29) is 21.9 Å². The smallest absolute Gasteiger partial charge is 0.331 e. The molecule has 1 aliphatic rings. The molecule has 8 nitrogen and oxygen atoms in total. The van der Waals surface area contributed by atoms with Gasteiger partial charge in [0.05, 0.1) is 23.3 Å². The molecule has 0 saturated heterocycles. The number of phenols is 1. The lowest BCUT2D eigenvalue weighted by Gasteiger charge is -2.16. The highest BCUT2D eigenvalue weighted by Gasteiger charge is 2.52. The molecule has 1 amide bonds. The molecule has 3 N–H and O–H groups in total. The van der Waals surface area contributed by atoms with Gasteiger partial charge in [-0.05, 0) is 81.0 Å². The van der Waals surface area contributed by atoms with Crippen molar-refractivity contribution >= 4 is 40.7 Å². The summed E-state index contributed by atoms with van der Waals surface area (Å²) in [6.45, 7) is 0. The Bertz CT molecular complexity index is 1560. The summed E-state index contributed by atoms with van der Waals surface area (Å²) in [4.78, 5) is 36.9. The van der Waals surface area contributed by atoms with Gasteiger partial charge < -0.3 is 24.9 Å². The fraction of sp³-hybridized carbons (Fsp3) is 0.207. The molecule has 1 saturated carbocycles. The fourth-order valence-electron chi connectivity index (χ4n) is 4.17. The number of hydrogen-bond acceptors (Lipinski definition) is 7. The second-order valence-electron chi connectivity index (χ2n) is 9.06. The minimum Gasteiger partial charge on any atom is -0.507 e. The third-order valence-electron chi connectivity index (χ3n) is 6.27. The Balaban J connectivity index is 0.00000112. The molecule has 0 bridgehead atoms. The fourth-order valence-corrected chi connectivity index (χ4v) is 4.43. The van der Waals surface area contributed by atoms with E-state index >= 15 is 0 Å². The first-order valence-corrected chi connectivity index (χ1v) is 12.4. The van der Waals surface area contributed by atoms with Crippen LogP contribution in [0.15, 0.2) is 59.0 Å². The van der Waals surface area contributed by atoms with Gasteiger partial charge >= 0.3 is 5.97 Å². The number of rotatable bonds is 6. The number of amides is 1. The van der Waals surface area contributed by atoms with Crippen LogP contribution in [0.4, 0.5) is 4.39 Å². The molecular weight excluding hydrogens is 527 g/mol. The van der Waals surface area contributed by atoms with Gasteiger partial charge in [-0.15, -0.1) is 0 Å². The molecule has 1 fully saturated rings. The predicted molar refractivity (Wildman–Crippen MR) is 146 cm³/mol. The average Bonchev–Trinajstić information content (AvgIpc) is 3.60. The first kappa shape index (κ1) is 27.8. The first-order chi connectivity index (χ1) is 18.7. The lowest BCUT2D eigenvalue weighted by atomic mass is 9.98. The normalized spacial score (nSPS) is 13.3. The summed E-state index contributed by atoms with van der Waals surface area (Å²) in [5, 5.41) is 16.5. The monoisotopic (exact) mass is 552 g/mol. The highest BCUT2D eigenvalue weighted by molar-refractivity contribution is 6.33. The second-order valence-corrected chi connectivity index (χ2v) is 9.46. The number of benzene rings is 3. The standard InChI is InChI=1S/C27H19ClFNO6.C2H7N/c1-35-26(34)27(8-9-27)30-25(33)19-11-17(21(28)12-22(19)32)15-4-7-23-18(10-15)20(13-31)24(36-23)14-2-5-16(29)6-3-14;1-3-2/h2-7,10-13,32H,8-9H2,1H3,(H,30,33);3H,1-2H3. The average molecular weight is 553 g/mol. The van der Waals surface area contributed by atoms with Crippen LogP contribution in [0.1, 0.15) is 33.6 Å². The van der Waals surface area contributed by atoms with Gasteiger partial charge in [-0.3, -0.25) is 9.59 Å². The Morgan fingerprint density at radius 3 is 2.31 bits per heavy atom. The number of nitrogens with one attached hydrogen (secondary N) is 2. The molecule has 0 spiro atoms. The van der Waals surface area contributed by atoms with E-state index in [0.29, 0.717) is 52.5 Å². The molecular formula is C29H26ClFN2O6. The number of carbonyl (C=O) groups excluding carboxylic acids is 3. The van der Waals surface area contributed by atoms with Crippen LogP contribution in [0.25, 0.3) is 33.4 Å². The Morgan fingerprint density at radius 1 is 1.08 bits per heavy atom. The molecule has 0 atom stereocenters. The first-order valence-electron chi connectivity index (χ1n) is 12.0. The maximum atomic E-state index is 13.4. The van der Waals surface area contributed by atoms with Crippen molar-refractivity contribution in [2.75, 3.05) is 21.2 Å². The topological polar surface area (TPSA) is 118 Å². The van der Waals surface area contributed by atoms with E-state index in [4.69, 9.17) is 20.8 Å². The van der Waals surface area contributed by atoms with Crippen molar-refractivity contribution in [3.05, 3.63) is 76.6 Å². The zero-order chi connectivity index (χ0) is 28.3. The van der Waals surface area contributed by atoms with Gasteiger partial charge in [0.2, 0.25) is 0 Å². The van der Waals surface area contributed by atoms with Gasteiger partial charge in [0.15, 0.2) is 6.29 Å². The van der Waals surface area contributed by atoms with E-state index in [1.54, 1.807) is 18.2 Å². The Kier molecular flexibility index (Phi) is 8.03. The van der Waals surface area contributed by atoms with Crippen LogP contribution in [-0.2, 0) is 9.53 Å². The van der Waals surface area contributed by atoms with E-state index < -0.39 is 23.2 Å². The zero-order valence-corrected chi connectivity index (χ0v) is 22.2. The lowest BCUT2D eigenvalue weighted by molar-refractivity contribution is -0.144. The SMILES string of the molecule is CNC.COC(=O)C1(NC(=O)c2cc(-c3ccc4oc(-c5ccc(F)cc5)c(C=O)c4c3)c(Cl)cc2O)CC1. The van der Waals surface area contributed by atoms with Crippen LogP contribution in [-0.4, -0.2) is 50.0 Å².